The summed E-state index contributed by atoms with van der Waals surface area (Å²) in [5, 5.41) is 7.20. The molecule has 6 nitrogen and oxygen atoms in total. The fourth-order valence-corrected chi connectivity index (χ4v) is 2.30. The van der Waals surface area contributed by atoms with Gasteiger partial charge in [-0.25, -0.2) is 9.78 Å². The average molecular weight is 284 g/mol. The Labute approximate surface area is 117 Å². The molecule has 0 fully saturated rings. The van der Waals surface area contributed by atoms with E-state index in [1.807, 2.05) is 38.6 Å². The fourth-order valence-electron chi connectivity index (χ4n) is 1.15. The van der Waals surface area contributed by atoms with Gasteiger partial charge in [0.1, 0.15) is 0 Å². The van der Waals surface area contributed by atoms with Crippen molar-refractivity contribution in [2.24, 2.45) is 17.6 Å². The molecule has 0 saturated carbocycles. The van der Waals surface area contributed by atoms with Crippen molar-refractivity contribution in [2.45, 2.75) is 25.9 Å². The van der Waals surface area contributed by atoms with Gasteiger partial charge in [-0.05, 0) is 0 Å². The fraction of sp³-hybridized carbons (Fsp3) is 0.583. The molecule has 7 heteroatoms. The van der Waals surface area contributed by atoms with Gasteiger partial charge >= 0.3 is 6.09 Å². The Balaban J connectivity index is 2.71. The number of rotatable bonds is 4. The van der Waals surface area contributed by atoms with Crippen molar-refractivity contribution in [3.05, 3.63) is 12.4 Å². The Kier molecular flexibility index (Phi) is 5.41. The Hall–Kier alpha value is -1.50. The van der Waals surface area contributed by atoms with Crippen LogP contribution in [-0.2, 0) is 11.9 Å². The molecule has 1 N–H and O–H groups in total. The first-order valence-electron chi connectivity index (χ1n) is 5.90. The number of nitrogens with one attached hydrogen (secondary N) is 1. The number of aryl methyl sites for hydroxylation is 1. The zero-order chi connectivity index (χ0) is 14.5. The van der Waals surface area contributed by atoms with Crippen LogP contribution in [0.5, 0.6) is 0 Å². The van der Waals surface area contributed by atoms with E-state index in [2.05, 4.69) is 15.5 Å². The molecule has 1 heterocycles. The van der Waals surface area contributed by atoms with E-state index in [0.717, 1.165) is 10.9 Å². The van der Waals surface area contributed by atoms with Crippen molar-refractivity contribution >= 4 is 23.6 Å². The Morgan fingerprint density at radius 3 is 2.74 bits per heavy atom. The van der Waals surface area contributed by atoms with E-state index in [1.165, 1.54) is 7.05 Å². The molecule has 0 aliphatic rings. The van der Waals surface area contributed by atoms with Crippen LogP contribution in [0.3, 0.4) is 0 Å². The quantitative estimate of drug-likeness (QED) is 0.398. The summed E-state index contributed by atoms with van der Waals surface area (Å²) < 4.78 is 1.94. The first kappa shape index (κ1) is 15.6. The molecule has 0 bridgehead atoms. The van der Waals surface area contributed by atoms with Crippen molar-refractivity contribution in [3.63, 3.8) is 0 Å². The summed E-state index contributed by atoms with van der Waals surface area (Å²) >= 11 is 1.56. The summed E-state index contributed by atoms with van der Waals surface area (Å²) in [5.41, 5.74) is 0.621. The molecule has 1 rings (SSSR count). The van der Waals surface area contributed by atoms with Gasteiger partial charge in [0.25, 0.3) is 0 Å². The van der Waals surface area contributed by atoms with Crippen molar-refractivity contribution in [3.8, 4) is 0 Å². The molecular weight excluding hydrogens is 264 g/mol. The summed E-state index contributed by atoms with van der Waals surface area (Å²) in [5.74, 6) is 0.616. The first-order valence-corrected chi connectivity index (χ1v) is 6.89. The highest BCUT2D eigenvalue weighted by atomic mass is 32.2. The van der Waals surface area contributed by atoms with Gasteiger partial charge in [0, 0.05) is 37.7 Å². The normalized spacial score (nSPS) is 12.4. The van der Waals surface area contributed by atoms with Gasteiger partial charge in [-0.2, -0.15) is 0 Å². The highest BCUT2D eigenvalue weighted by Crippen LogP contribution is 2.23. The Morgan fingerprint density at radius 2 is 2.26 bits per heavy atom. The van der Waals surface area contributed by atoms with Crippen LogP contribution in [0.4, 0.5) is 4.79 Å². The molecule has 19 heavy (non-hydrogen) atoms. The number of nitrogens with zero attached hydrogens (tertiary/aromatic N) is 3. The highest BCUT2D eigenvalue weighted by molar-refractivity contribution is 7.99. The second-order valence-corrected chi connectivity index (χ2v) is 5.97. The van der Waals surface area contributed by atoms with Crippen LogP contribution in [0.15, 0.2) is 22.7 Å². The molecule has 106 valence electrons. The lowest BCUT2D eigenvalue weighted by atomic mass is 9.91. The maximum atomic E-state index is 11.1. The van der Waals surface area contributed by atoms with Gasteiger partial charge in [-0.1, -0.05) is 37.7 Å². The Morgan fingerprint density at radius 1 is 1.58 bits per heavy atom. The number of amides is 1. The van der Waals surface area contributed by atoms with Gasteiger partial charge in [-0.3, -0.25) is 4.84 Å². The molecule has 0 spiro atoms. The minimum absolute atomic E-state index is 0.174. The van der Waals surface area contributed by atoms with Crippen LogP contribution in [-0.4, -0.2) is 34.2 Å². The van der Waals surface area contributed by atoms with E-state index >= 15 is 0 Å². The molecule has 1 aromatic rings. The minimum atomic E-state index is -0.566. The van der Waals surface area contributed by atoms with Crippen LogP contribution < -0.4 is 5.32 Å². The molecule has 0 aliphatic carbocycles. The number of oxime groups is 1. The Bertz CT molecular complexity index is 463. The van der Waals surface area contributed by atoms with Crippen LogP contribution >= 0.6 is 11.8 Å². The third-order valence-electron chi connectivity index (χ3n) is 2.42. The molecule has 0 radical (unpaired) electrons. The monoisotopic (exact) mass is 284 g/mol. The second-order valence-electron chi connectivity index (χ2n) is 5.03. The summed E-state index contributed by atoms with van der Waals surface area (Å²) in [6, 6.07) is 0. The zero-order valence-electron chi connectivity index (χ0n) is 11.9. The summed E-state index contributed by atoms with van der Waals surface area (Å²) in [6.07, 6.45) is 3.07. The van der Waals surface area contributed by atoms with Gasteiger partial charge in [-0.15, -0.1) is 0 Å². The largest absolute Gasteiger partial charge is 0.433 e. The van der Waals surface area contributed by atoms with Crippen LogP contribution in [0.2, 0.25) is 0 Å². The number of carbonyl (C=O) groups is 1. The summed E-state index contributed by atoms with van der Waals surface area (Å²) in [7, 11) is 3.43. The summed E-state index contributed by atoms with van der Waals surface area (Å²) in [6.45, 7) is 6.08. The zero-order valence-corrected chi connectivity index (χ0v) is 12.7. The van der Waals surface area contributed by atoms with E-state index in [4.69, 9.17) is 4.84 Å². The van der Waals surface area contributed by atoms with E-state index in [-0.39, 0.29) is 5.41 Å². The van der Waals surface area contributed by atoms with Crippen molar-refractivity contribution < 1.29 is 9.63 Å². The maximum absolute atomic E-state index is 11.1. The number of hydrogen-bond acceptors (Lipinski definition) is 5. The SMILES string of the molecule is CNC(=O)O/N=C(/CSc1nccn1C)C(C)(C)C. The van der Waals surface area contributed by atoms with Crippen LogP contribution in [0, 0.1) is 5.41 Å². The van der Waals surface area contributed by atoms with Crippen LogP contribution in [0.25, 0.3) is 0 Å². The van der Waals surface area contributed by atoms with E-state index < -0.39 is 6.09 Å². The predicted molar refractivity (Wildman–Crippen MR) is 76.4 cm³/mol. The first-order chi connectivity index (χ1) is 8.84. The number of aromatic nitrogens is 2. The lowest BCUT2D eigenvalue weighted by Gasteiger charge is -2.20. The van der Waals surface area contributed by atoms with E-state index in [1.54, 1.807) is 18.0 Å². The summed E-state index contributed by atoms with van der Waals surface area (Å²) in [4.78, 5) is 20.1. The molecule has 0 aliphatic heterocycles. The lowest BCUT2D eigenvalue weighted by molar-refractivity contribution is 0.152. The van der Waals surface area contributed by atoms with Gasteiger partial charge in [0.15, 0.2) is 5.16 Å². The van der Waals surface area contributed by atoms with Crippen molar-refractivity contribution in [2.75, 3.05) is 12.8 Å². The molecule has 0 atom stereocenters. The third-order valence-corrected chi connectivity index (χ3v) is 3.49. The minimum Gasteiger partial charge on any atom is -0.329 e. The van der Waals surface area contributed by atoms with E-state index in [9.17, 15) is 4.79 Å². The van der Waals surface area contributed by atoms with Gasteiger partial charge in [0.2, 0.25) is 0 Å². The number of imidazole rings is 1. The standard InChI is InChI=1S/C12H20N4O2S/c1-12(2,3)9(15-18-11(17)13-4)8-19-10-14-6-7-16(10)5/h6-7H,8H2,1-5H3,(H,13,17)/b15-9-. The van der Waals surface area contributed by atoms with Gasteiger partial charge < -0.3 is 9.88 Å². The molecule has 0 aromatic carbocycles. The molecular formula is C12H20N4O2S. The van der Waals surface area contributed by atoms with Crippen LogP contribution in [0.1, 0.15) is 20.8 Å². The van der Waals surface area contributed by atoms with Crippen molar-refractivity contribution in [1.82, 2.24) is 14.9 Å². The topological polar surface area (TPSA) is 68.5 Å². The second kappa shape index (κ2) is 6.60. The third kappa shape index (κ3) is 4.94. The molecule has 0 unspecified atom stereocenters. The number of carbonyl (C=O) groups excluding carboxylic acids is 1. The maximum Gasteiger partial charge on any atom is 0.433 e. The number of thioether (sulfide) groups is 1. The van der Waals surface area contributed by atoms with Gasteiger partial charge in [0.05, 0.1) is 5.71 Å². The van der Waals surface area contributed by atoms with E-state index in [0.29, 0.717) is 5.75 Å². The predicted octanol–water partition coefficient (Wildman–Crippen LogP) is 2.27. The molecule has 1 aromatic heterocycles. The van der Waals surface area contributed by atoms with Crippen molar-refractivity contribution in [1.29, 1.82) is 0 Å². The number of hydrogen-bond donors (Lipinski definition) is 1. The lowest BCUT2D eigenvalue weighted by Crippen LogP contribution is -2.25. The molecule has 1 amide bonds. The average Bonchev–Trinajstić information content (AvgIpc) is 2.72. The highest BCUT2D eigenvalue weighted by Gasteiger charge is 2.21. The smallest absolute Gasteiger partial charge is 0.329 e. The molecule has 0 saturated heterocycles.